The van der Waals surface area contributed by atoms with Crippen molar-refractivity contribution in [3.63, 3.8) is 0 Å². The number of carbonyl (C=O) groups is 1. The molecule has 0 saturated carbocycles. The number of amides is 2. The summed E-state index contributed by atoms with van der Waals surface area (Å²) >= 11 is 0. The third-order valence-electron chi connectivity index (χ3n) is 2.33. The van der Waals surface area contributed by atoms with Gasteiger partial charge >= 0.3 is 6.03 Å². The molecule has 0 unspecified atom stereocenters. The van der Waals surface area contributed by atoms with Gasteiger partial charge in [-0.2, -0.15) is 0 Å². The molecule has 0 radical (unpaired) electrons. The van der Waals surface area contributed by atoms with Crippen LogP contribution in [0.1, 0.15) is 12.5 Å². The number of aliphatic hydroxyl groups excluding tert-OH is 1. The minimum absolute atomic E-state index is 0.00734. The lowest BCUT2D eigenvalue weighted by atomic mass is 10.2. The minimum atomic E-state index is -0.139. The van der Waals surface area contributed by atoms with Crippen molar-refractivity contribution in [2.24, 2.45) is 0 Å². The standard InChI is InChI=1S/C12H18N2O2/c1-2-14(8-9-15)12(16)13-10-11-6-4-3-5-7-11/h3-7,15H,2,8-10H2,1H3,(H,13,16). The van der Waals surface area contributed by atoms with Crippen molar-refractivity contribution < 1.29 is 9.90 Å². The van der Waals surface area contributed by atoms with Crippen LogP contribution in [-0.2, 0) is 6.54 Å². The summed E-state index contributed by atoms with van der Waals surface area (Å²) in [5.74, 6) is 0. The highest BCUT2D eigenvalue weighted by molar-refractivity contribution is 5.74. The van der Waals surface area contributed by atoms with E-state index in [0.717, 1.165) is 5.56 Å². The summed E-state index contributed by atoms with van der Waals surface area (Å²) in [6.07, 6.45) is 0. The van der Waals surface area contributed by atoms with Crippen LogP contribution in [0.25, 0.3) is 0 Å². The predicted molar refractivity (Wildman–Crippen MR) is 63.0 cm³/mol. The number of benzene rings is 1. The predicted octanol–water partition coefficient (Wildman–Crippen LogP) is 1.21. The fraction of sp³-hybridized carbons (Fsp3) is 0.417. The van der Waals surface area contributed by atoms with Crippen LogP contribution in [0.3, 0.4) is 0 Å². The van der Waals surface area contributed by atoms with Gasteiger partial charge in [-0.3, -0.25) is 0 Å². The number of hydrogen-bond acceptors (Lipinski definition) is 2. The van der Waals surface area contributed by atoms with Crippen molar-refractivity contribution in [3.05, 3.63) is 35.9 Å². The summed E-state index contributed by atoms with van der Waals surface area (Å²) in [4.78, 5) is 13.2. The van der Waals surface area contributed by atoms with E-state index in [4.69, 9.17) is 5.11 Å². The van der Waals surface area contributed by atoms with Gasteiger partial charge in [0.2, 0.25) is 0 Å². The summed E-state index contributed by atoms with van der Waals surface area (Å²) < 4.78 is 0. The number of nitrogens with one attached hydrogen (secondary N) is 1. The zero-order valence-electron chi connectivity index (χ0n) is 9.52. The molecular formula is C12H18N2O2. The van der Waals surface area contributed by atoms with Crippen LogP contribution in [-0.4, -0.2) is 35.7 Å². The Bertz CT molecular complexity index is 314. The highest BCUT2D eigenvalue weighted by atomic mass is 16.3. The lowest BCUT2D eigenvalue weighted by Crippen LogP contribution is -2.40. The fourth-order valence-corrected chi connectivity index (χ4v) is 1.41. The Morgan fingerprint density at radius 1 is 1.38 bits per heavy atom. The van der Waals surface area contributed by atoms with E-state index < -0.39 is 0 Å². The number of rotatable bonds is 5. The Hall–Kier alpha value is -1.55. The topological polar surface area (TPSA) is 52.6 Å². The zero-order valence-corrected chi connectivity index (χ0v) is 9.52. The van der Waals surface area contributed by atoms with E-state index >= 15 is 0 Å². The van der Waals surface area contributed by atoms with Gasteiger partial charge in [-0.05, 0) is 12.5 Å². The van der Waals surface area contributed by atoms with Gasteiger partial charge in [0.05, 0.1) is 6.61 Å². The summed E-state index contributed by atoms with van der Waals surface area (Å²) in [6, 6.07) is 9.60. The van der Waals surface area contributed by atoms with Crippen molar-refractivity contribution in [1.29, 1.82) is 0 Å². The molecule has 2 amide bonds. The molecule has 0 heterocycles. The molecule has 1 aromatic carbocycles. The molecule has 1 rings (SSSR count). The average molecular weight is 222 g/mol. The molecule has 4 heteroatoms. The van der Waals surface area contributed by atoms with Crippen molar-refractivity contribution >= 4 is 6.03 Å². The van der Waals surface area contributed by atoms with Crippen LogP contribution in [0.2, 0.25) is 0 Å². The smallest absolute Gasteiger partial charge is 0.317 e. The molecule has 4 nitrogen and oxygen atoms in total. The molecule has 0 atom stereocenters. The first-order valence-electron chi connectivity index (χ1n) is 5.45. The molecule has 0 bridgehead atoms. The van der Waals surface area contributed by atoms with Crippen molar-refractivity contribution in [2.75, 3.05) is 19.7 Å². The van der Waals surface area contributed by atoms with E-state index in [2.05, 4.69) is 5.32 Å². The highest BCUT2D eigenvalue weighted by Crippen LogP contribution is 1.98. The Morgan fingerprint density at radius 3 is 2.62 bits per heavy atom. The second-order valence-corrected chi connectivity index (χ2v) is 3.45. The number of nitrogens with zero attached hydrogens (tertiary/aromatic N) is 1. The van der Waals surface area contributed by atoms with Crippen LogP contribution >= 0.6 is 0 Å². The van der Waals surface area contributed by atoms with Crippen molar-refractivity contribution in [3.8, 4) is 0 Å². The van der Waals surface area contributed by atoms with Crippen LogP contribution in [0, 0.1) is 0 Å². The molecule has 1 aromatic rings. The van der Waals surface area contributed by atoms with Gasteiger partial charge in [0.1, 0.15) is 0 Å². The number of aliphatic hydroxyl groups is 1. The van der Waals surface area contributed by atoms with E-state index in [-0.39, 0.29) is 12.6 Å². The monoisotopic (exact) mass is 222 g/mol. The molecule has 0 aliphatic rings. The number of urea groups is 1. The second-order valence-electron chi connectivity index (χ2n) is 3.45. The average Bonchev–Trinajstić information content (AvgIpc) is 2.34. The van der Waals surface area contributed by atoms with E-state index in [9.17, 15) is 4.79 Å². The molecule has 88 valence electrons. The summed E-state index contributed by atoms with van der Waals surface area (Å²) in [7, 11) is 0. The number of likely N-dealkylation sites (N-methyl/N-ethyl adjacent to an activating group) is 1. The molecule has 16 heavy (non-hydrogen) atoms. The highest BCUT2D eigenvalue weighted by Gasteiger charge is 2.09. The van der Waals surface area contributed by atoms with Gasteiger partial charge in [-0.1, -0.05) is 30.3 Å². The van der Waals surface area contributed by atoms with Gasteiger partial charge in [0.15, 0.2) is 0 Å². The molecular weight excluding hydrogens is 204 g/mol. The van der Waals surface area contributed by atoms with E-state index in [1.807, 2.05) is 37.3 Å². The van der Waals surface area contributed by atoms with E-state index in [1.54, 1.807) is 4.90 Å². The third-order valence-corrected chi connectivity index (χ3v) is 2.33. The van der Waals surface area contributed by atoms with Crippen LogP contribution in [0.5, 0.6) is 0 Å². The Balaban J connectivity index is 2.40. The van der Waals surface area contributed by atoms with Crippen LogP contribution in [0.4, 0.5) is 4.79 Å². The quantitative estimate of drug-likeness (QED) is 0.786. The third kappa shape index (κ3) is 3.90. The molecule has 0 aliphatic carbocycles. The molecule has 0 aliphatic heterocycles. The Labute approximate surface area is 95.9 Å². The second kappa shape index (κ2) is 6.85. The molecule has 0 aromatic heterocycles. The maximum atomic E-state index is 11.6. The first-order chi connectivity index (χ1) is 7.77. The maximum Gasteiger partial charge on any atom is 0.317 e. The Morgan fingerprint density at radius 2 is 2.06 bits per heavy atom. The minimum Gasteiger partial charge on any atom is -0.395 e. The van der Waals surface area contributed by atoms with E-state index in [1.165, 1.54) is 0 Å². The molecule has 2 N–H and O–H groups in total. The van der Waals surface area contributed by atoms with Gasteiger partial charge in [0, 0.05) is 19.6 Å². The first kappa shape index (κ1) is 12.5. The Kier molecular flexibility index (Phi) is 5.36. The lowest BCUT2D eigenvalue weighted by Gasteiger charge is -2.20. The van der Waals surface area contributed by atoms with Crippen LogP contribution in [0.15, 0.2) is 30.3 Å². The molecule has 0 saturated heterocycles. The van der Waals surface area contributed by atoms with Crippen LogP contribution < -0.4 is 5.32 Å². The zero-order chi connectivity index (χ0) is 11.8. The normalized spacial score (nSPS) is 9.88. The first-order valence-corrected chi connectivity index (χ1v) is 5.45. The van der Waals surface area contributed by atoms with E-state index in [0.29, 0.717) is 19.6 Å². The van der Waals surface area contributed by atoms with Crippen molar-refractivity contribution in [2.45, 2.75) is 13.5 Å². The largest absolute Gasteiger partial charge is 0.395 e. The molecule has 0 fully saturated rings. The number of carbonyl (C=O) groups excluding carboxylic acids is 1. The summed E-state index contributed by atoms with van der Waals surface area (Å²) in [5.41, 5.74) is 1.07. The van der Waals surface area contributed by atoms with Gasteiger partial charge in [0.25, 0.3) is 0 Å². The van der Waals surface area contributed by atoms with Crippen molar-refractivity contribution in [1.82, 2.24) is 10.2 Å². The fourth-order valence-electron chi connectivity index (χ4n) is 1.41. The van der Waals surface area contributed by atoms with Gasteiger partial charge < -0.3 is 15.3 Å². The summed E-state index contributed by atoms with van der Waals surface area (Å²) in [6.45, 7) is 3.37. The maximum absolute atomic E-state index is 11.6. The molecule has 0 spiro atoms. The van der Waals surface area contributed by atoms with Gasteiger partial charge in [-0.25, -0.2) is 4.79 Å². The lowest BCUT2D eigenvalue weighted by molar-refractivity contribution is 0.180. The SMILES string of the molecule is CCN(CCO)C(=O)NCc1ccccc1. The van der Waals surface area contributed by atoms with Gasteiger partial charge in [-0.15, -0.1) is 0 Å². The number of hydrogen-bond donors (Lipinski definition) is 2. The summed E-state index contributed by atoms with van der Waals surface area (Å²) in [5, 5.41) is 11.6.